The molecule has 0 unspecified atom stereocenters. The molecule has 0 radical (unpaired) electrons. The molecule has 5 heteroatoms. The average molecular weight is 418 g/mol. The number of aromatic nitrogens is 2. The Kier molecular flexibility index (Phi) is 4.62. The van der Waals surface area contributed by atoms with Gasteiger partial charge in [0.05, 0.1) is 17.6 Å². The highest BCUT2D eigenvalue weighted by molar-refractivity contribution is 6.30. The zero-order valence-electron chi connectivity index (χ0n) is 15.5. The van der Waals surface area contributed by atoms with Crippen LogP contribution in [-0.2, 0) is 0 Å². The molecule has 0 N–H and O–H groups in total. The number of benzene rings is 2. The summed E-state index contributed by atoms with van der Waals surface area (Å²) in [6, 6.07) is 17.7. The number of hydrogen-bond donors (Lipinski definition) is 0. The average Bonchev–Trinajstić information content (AvgIpc) is 3.24. The largest absolute Gasteiger partial charge is 0.317 e. The Balaban J connectivity index is 1.54. The molecule has 2 aromatic carbocycles. The van der Waals surface area contributed by atoms with Crippen molar-refractivity contribution in [2.45, 2.75) is 6.42 Å². The van der Waals surface area contributed by atoms with Gasteiger partial charge in [0.15, 0.2) is 0 Å². The molecule has 142 valence electrons. The van der Waals surface area contributed by atoms with E-state index in [9.17, 15) is 0 Å². The minimum absolute atomic E-state index is 0.708. The van der Waals surface area contributed by atoms with Gasteiger partial charge in [-0.05, 0) is 66.6 Å². The Morgan fingerprint density at radius 1 is 0.793 bits per heavy atom. The second-order valence-corrected chi connectivity index (χ2v) is 7.73. The van der Waals surface area contributed by atoms with Crippen LogP contribution in [0.15, 0.2) is 97.0 Å². The van der Waals surface area contributed by atoms with Crippen LogP contribution in [-0.4, -0.2) is 14.7 Å². The number of allylic oxidation sites excluding steroid dienone is 5. The van der Waals surface area contributed by atoms with Crippen LogP contribution in [0.25, 0.3) is 17.0 Å². The van der Waals surface area contributed by atoms with Gasteiger partial charge < -0.3 is 4.90 Å². The molecular formula is C24H17Cl2N3. The fourth-order valence-corrected chi connectivity index (χ4v) is 3.87. The lowest BCUT2D eigenvalue weighted by Crippen LogP contribution is -2.19. The second kappa shape index (κ2) is 7.43. The summed E-state index contributed by atoms with van der Waals surface area (Å²) in [5, 5.41) is 5.97. The molecule has 0 amide bonds. The van der Waals surface area contributed by atoms with Gasteiger partial charge in [0, 0.05) is 33.2 Å². The third-order valence-electron chi connectivity index (χ3n) is 5.03. The highest BCUT2D eigenvalue weighted by Crippen LogP contribution is 2.35. The first-order valence-electron chi connectivity index (χ1n) is 9.35. The van der Waals surface area contributed by atoms with Crippen LogP contribution < -0.4 is 0 Å². The van der Waals surface area contributed by atoms with Crippen LogP contribution in [0.5, 0.6) is 0 Å². The summed E-state index contributed by atoms with van der Waals surface area (Å²) >= 11 is 12.1. The number of nitrogens with zero attached hydrogens (tertiary/aromatic N) is 3. The summed E-state index contributed by atoms with van der Waals surface area (Å²) in [5.74, 6) is 0. The third kappa shape index (κ3) is 3.44. The molecular weight excluding hydrogens is 401 g/mol. The Bertz CT molecular complexity index is 1180. The van der Waals surface area contributed by atoms with E-state index in [4.69, 9.17) is 23.2 Å². The quantitative estimate of drug-likeness (QED) is 0.471. The predicted octanol–water partition coefficient (Wildman–Crippen LogP) is 6.72. The van der Waals surface area contributed by atoms with E-state index in [1.165, 1.54) is 5.70 Å². The van der Waals surface area contributed by atoms with Crippen molar-refractivity contribution >= 4 is 34.5 Å². The first-order valence-corrected chi connectivity index (χ1v) is 10.1. The van der Waals surface area contributed by atoms with Gasteiger partial charge in [-0.3, -0.25) is 0 Å². The normalized spacial score (nSPS) is 15.5. The Hall–Kier alpha value is -3.01. The zero-order valence-corrected chi connectivity index (χ0v) is 17.0. The minimum Gasteiger partial charge on any atom is -0.317 e. The van der Waals surface area contributed by atoms with E-state index in [-0.39, 0.29) is 0 Å². The van der Waals surface area contributed by atoms with Gasteiger partial charge in [0.25, 0.3) is 0 Å². The summed E-state index contributed by atoms with van der Waals surface area (Å²) in [6.45, 7) is 0. The maximum atomic E-state index is 6.08. The highest BCUT2D eigenvalue weighted by Gasteiger charge is 2.21. The van der Waals surface area contributed by atoms with Gasteiger partial charge in [0.1, 0.15) is 0 Å². The van der Waals surface area contributed by atoms with E-state index < -0.39 is 0 Å². The van der Waals surface area contributed by atoms with Crippen molar-refractivity contribution in [2.75, 3.05) is 0 Å². The lowest BCUT2D eigenvalue weighted by molar-refractivity contribution is 0.660. The zero-order chi connectivity index (χ0) is 19.8. The number of fused-ring (bicyclic) bond motifs is 1. The van der Waals surface area contributed by atoms with Crippen molar-refractivity contribution in [3.8, 4) is 5.69 Å². The minimum atomic E-state index is 0.708. The van der Waals surface area contributed by atoms with E-state index in [0.29, 0.717) is 5.02 Å². The lowest BCUT2D eigenvalue weighted by atomic mass is 10.0. The SMILES string of the molecule is Clc1ccc(C2=CCC=C3C=CC(c4ccnn4-c4ccc(Cl)cc4)=CN32)cc1. The van der Waals surface area contributed by atoms with Gasteiger partial charge in [-0.15, -0.1) is 0 Å². The van der Waals surface area contributed by atoms with Gasteiger partial charge in [-0.25, -0.2) is 4.68 Å². The Morgan fingerprint density at radius 2 is 1.52 bits per heavy atom. The molecule has 3 nitrogen and oxygen atoms in total. The first-order chi connectivity index (χ1) is 14.2. The molecule has 0 aliphatic carbocycles. The smallest absolute Gasteiger partial charge is 0.0755 e. The molecule has 2 aliphatic heterocycles. The molecule has 0 fully saturated rings. The van der Waals surface area contributed by atoms with Crippen LogP contribution in [0.1, 0.15) is 17.7 Å². The Labute approximate surface area is 179 Å². The highest BCUT2D eigenvalue weighted by atomic mass is 35.5. The molecule has 1 aromatic heterocycles. The number of hydrogen-bond acceptors (Lipinski definition) is 2. The molecule has 29 heavy (non-hydrogen) atoms. The van der Waals surface area contributed by atoms with Crippen LogP contribution in [0, 0.1) is 0 Å². The van der Waals surface area contributed by atoms with Crippen molar-refractivity contribution in [1.82, 2.24) is 14.7 Å². The molecule has 0 bridgehead atoms. The standard InChI is InChI=1S/C24H17Cl2N3/c25-19-7-4-17(5-8-19)23-3-1-2-21-11-6-18(16-28(21)23)24-14-15-27-29(24)22-12-9-20(26)10-13-22/h2-16H,1H2. The predicted molar refractivity (Wildman–Crippen MR) is 120 cm³/mol. The fraction of sp³-hybridized carbons (Fsp3) is 0.0417. The maximum Gasteiger partial charge on any atom is 0.0755 e. The van der Waals surface area contributed by atoms with Crippen LogP contribution in [0.2, 0.25) is 10.0 Å². The molecule has 0 atom stereocenters. The second-order valence-electron chi connectivity index (χ2n) is 6.85. The van der Waals surface area contributed by atoms with E-state index in [2.05, 4.69) is 52.6 Å². The molecule has 0 spiro atoms. The summed E-state index contributed by atoms with van der Waals surface area (Å²) < 4.78 is 1.93. The lowest BCUT2D eigenvalue weighted by Gasteiger charge is -2.31. The van der Waals surface area contributed by atoms with E-state index in [0.717, 1.165) is 39.7 Å². The topological polar surface area (TPSA) is 21.1 Å². The molecule has 0 saturated heterocycles. The summed E-state index contributed by atoms with van der Waals surface area (Å²) in [7, 11) is 0. The van der Waals surface area contributed by atoms with E-state index in [1.807, 2.05) is 53.3 Å². The van der Waals surface area contributed by atoms with Crippen molar-refractivity contribution < 1.29 is 0 Å². The van der Waals surface area contributed by atoms with Gasteiger partial charge in [0.2, 0.25) is 0 Å². The van der Waals surface area contributed by atoms with Gasteiger partial charge >= 0.3 is 0 Å². The van der Waals surface area contributed by atoms with E-state index in [1.54, 1.807) is 0 Å². The first kappa shape index (κ1) is 18.0. The number of halogens is 2. The van der Waals surface area contributed by atoms with Crippen LogP contribution in [0.4, 0.5) is 0 Å². The molecule has 3 aromatic rings. The molecule has 5 rings (SSSR count). The van der Waals surface area contributed by atoms with Gasteiger partial charge in [-0.2, -0.15) is 5.10 Å². The van der Waals surface area contributed by atoms with Crippen molar-refractivity contribution in [3.05, 3.63) is 118 Å². The fourth-order valence-electron chi connectivity index (χ4n) is 3.62. The van der Waals surface area contributed by atoms with Crippen molar-refractivity contribution in [1.29, 1.82) is 0 Å². The van der Waals surface area contributed by atoms with Gasteiger partial charge in [-0.1, -0.05) is 47.5 Å². The summed E-state index contributed by atoms with van der Waals surface area (Å²) in [5.41, 5.74) is 6.52. The summed E-state index contributed by atoms with van der Waals surface area (Å²) in [4.78, 5) is 2.22. The van der Waals surface area contributed by atoms with Crippen LogP contribution in [0.3, 0.4) is 0 Å². The van der Waals surface area contributed by atoms with Crippen molar-refractivity contribution in [3.63, 3.8) is 0 Å². The molecule has 3 heterocycles. The maximum absolute atomic E-state index is 6.08. The van der Waals surface area contributed by atoms with Crippen LogP contribution >= 0.6 is 23.2 Å². The third-order valence-corrected chi connectivity index (χ3v) is 5.53. The monoisotopic (exact) mass is 417 g/mol. The van der Waals surface area contributed by atoms with E-state index >= 15 is 0 Å². The Morgan fingerprint density at radius 3 is 2.28 bits per heavy atom. The van der Waals surface area contributed by atoms with Crippen molar-refractivity contribution in [2.24, 2.45) is 0 Å². The molecule has 0 saturated carbocycles. The molecule has 2 aliphatic rings. The number of rotatable bonds is 3. The summed E-state index contributed by atoms with van der Waals surface area (Å²) in [6.07, 6.45) is 13.6.